The Morgan fingerprint density at radius 3 is 2.85 bits per heavy atom. The van der Waals surface area contributed by atoms with Gasteiger partial charge < -0.3 is 15.8 Å². The van der Waals surface area contributed by atoms with Crippen LogP contribution in [0.15, 0.2) is 36.5 Å². The fraction of sp³-hybridized carbons (Fsp3) is 0.200. The number of aryl methyl sites for hydroxylation is 1. The summed E-state index contributed by atoms with van der Waals surface area (Å²) in [5, 5.41) is 2.81. The van der Waals surface area contributed by atoms with Crippen LogP contribution in [0.2, 0.25) is 0 Å². The summed E-state index contributed by atoms with van der Waals surface area (Å²) in [7, 11) is 1.55. The van der Waals surface area contributed by atoms with E-state index >= 15 is 0 Å². The van der Waals surface area contributed by atoms with E-state index in [0.29, 0.717) is 23.5 Å². The lowest BCUT2D eigenvalue weighted by Crippen LogP contribution is -2.24. The number of hydrogen-bond donors (Lipinski definition) is 2. The van der Waals surface area contributed by atoms with Gasteiger partial charge in [0.1, 0.15) is 5.75 Å². The van der Waals surface area contributed by atoms with Crippen molar-refractivity contribution < 1.29 is 9.53 Å². The number of aromatic nitrogens is 1. The largest absolute Gasteiger partial charge is 0.497 e. The minimum Gasteiger partial charge on any atom is -0.497 e. The van der Waals surface area contributed by atoms with E-state index in [0.717, 1.165) is 11.3 Å². The van der Waals surface area contributed by atoms with Gasteiger partial charge in [0, 0.05) is 18.0 Å². The van der Waals surface area contributed by atoms with Crippen LogP contribution in [0.4, 0.5) is 5.69 Å². The van der Waals surface area contributed by atoms with Gasteiger partial charge in [-0.2, -0.15) is 0 Å². The minimum absolute atomic E-state index is 0.227. The SMILES string of the molecule is COc1ccc(C(=O)NCc2ncccc2C)c(N)c1. The number of carbonyl (C=O) groups excluding carboxylic acids is 1. The molecule has 0 atom stereocenters. The van der Waals surface area contributed by atoms with Gasteiger partial charge >= 0.3 is 0 Å². The number of amides is 1. The Hall–Kier alpha value is -2.56. The number of nitrogens with zero attached hydrogens (tertiary/aromatic N) is 1. The van der Waals surface area contributed by atoms with Crippen molar-refractivity contribution in [2.24, 2.45) is 0 Å². The fourth-order valence-corrected chi connectivity index (χ4v) is 1.84. The van der Waals surface area contributed by atoms with Crippen molar-refractivity contribution in [3.8, 4) is 5.75 Å². The first-order chi connectivity index (χ1) is 9.61. The highest BCUT2D eigenvalue weighted by atomic mass is 16.5. The Morgan fingerprint density at radius 2 is 2.20 bits per heavy atom. The van der Waals surface area contributed by atoms with Crippen molar-refractivity contribution in [2.45, 2.75) is 13.5 Å². The van der Waals surface area contributed by atoms with Crippen LogP contribution in [-0.4, -0.2) is 18.0 Å². The molecule has 3 N–H and O–H groups in total. The Morgan fingerprint density at radius 1 is 1.40 bits per heavy atom. The van der Waals surface area contributed by atoms with Gasteiger partial charge in [-0.1, -0.05) is 6.07 Å². The zero-order chi connectivity index (χ0) is 14.5. The van der Waals surface area contributed by atoms with E-state index in [-0.39, 0.29) is 5.91 Å². The van der Waals surface area contributed by atoms with Gasteiger partial charge in [-0.05, 0) is 30.7 Å². The van der Waals surface area contributed by atoms with Gasteiger partial charge in [0.25, 0.3) is 5.91 Å². The Kier molecular flexibility index (Phi) is 4.20. The van der Waals surface area contributed by atoms with E-state index in [2.05, 4.69) is 10.3 Å². The molecule has 0 aliphatic carbocycles. The first kappa shape index (κ1) is 13.9. The summed E-state index contributed by atoms with van der Waals surface area (Å²) in [5.41, 5.74) is 8.54. The molecule has 1 heterocycles. The number of methoxy groups -OCH3 is 1. The minimum atomic E-state index is -0.227. The zero-order valence-electron chi connectivity index (χ0n) is 11.5. The van der Waals surface area contributed by atoms with Crippen molar-refractivity contribution >= 4 is 11.6 Å². The summed E-state index contributed by atoms with van der Waals surface area (Å²) < 4.78 is 5.05. The molecule has 0 unspecified atom stereocenters. The predicted octanol–water partition coefficient (Wildman–Crippen LogP) is 1.91. The molecular weight excluding hydrogens is 254 g/mol. The molecule has 0 spiro atoms. The summed E-state index contributed by atoms with van der Waals surface area (Å²) in [6, 6.07) is 8.80. The highest BCUT2D eigenvalue weighted by molar-refractivity contribution is 5.99. The first-order valence-corrected chi connectivity index (χ1v) is 6.24. The summed E-state index contributed by atoms with van der Waals surface area (Å²) >= 11 is 0. The maximum atomic E-state index is 12.1. The highest BCUT2D eigenvalue weighted by Crippen LogP contribution is 2.19. The van der Waals surface area contributed by atoms with Crippen molar-refractivity contribution in [1.82, 2.24) is 10.3 Å². The third kappa shape index (κ3) is 3.06. The highest BCUT2D eigenvalue weighted by Gasteiger charge is 2.11. The number of nitrogens with two attached hydrogens (primary N) is 1. The van der Waals surface area contributed by atoms with Crippen LogP contribution in [-0.2, 0) is 6.54 Å². The molecule has 0 aliphatic rings. The van der Waals surface area contributed by atoms with Gasteiger partial charge in [-0.25, -0.2) is 0 Å². The number of anilines is 1. The van der Waals surface area contributed by atoms with Crippen LogP contribution < -0.4 is 15.8 Å². The molecule has 0 bridgehead atoms. The number of ether oxygens (including phenoxy) is 1. The molecule has 5 nitrogen and oxygen atoms in total. The van der Waals surface area contributed by atoms with E-state index in [1.807, 2.05) is 19.1 Å². The number of nitrogens with one attached hydrogen (secondary N) is 1. The smallest absolute Gasteiger partial charge is 0.253 e. The number of rotatable bonds is 4. The lowest BCUT2D eigenvalue weighted by atomic mass is 10.1. The average Bonchev–Trinajstić information content (AvgIpc) is 2.46. The van der Waals surface area contributed by atoms with Crippen molar-refractivity contribution in [2.75, 3.05) is 12.8 Å². The summed E-state index contributed by atoms with van der Waals surface area (Å²) in [6.45, 7) is 2.33. The molecule has 0 aliphatic heterocycles. The Bertz CT molecular complexity index is 626. The standard InChI is InChI=1S/C15H17N3O2/c1-10-4-3-7-17-14(10)9-18-15(19)12-6-5-11(20-2)8-13(12)16/h3-8H,9,16H2,1-2H3,(H,18,19). The summed E-state index contributed by atoms with van der Waals surface area (Å²) in [4.78, 5) is 16.3. The molecule has 0 saturated heterocycles. The predicted molar refractivity (Wildman–Crippen MR) is 77.6 cm³/mol. The molecule has 2 rings (SSSR count). The van der Waals surface area contributed by atoms with Gasteiger partial charge in [0.05, 0.1) is 24.9 Å². The maximum Gasteiger partial charge on any atom is 0.253 e. The molecule has 0 radical (unpaired) electrons. The molecule has 5 heteroatoms. The van der Waals surface area contributed by atoms with Crippen LogP contribution in [0.5, 0.6) is 5.75 Å². The second-order valence-corrected chi connectivity index (χ2v) is 4.40. The van der Waals surface area contributed by atoms with Gasteiger partial charge in [0.2, 0.25) is 0 Å². The lowest BCUT2D eigenvalue weighted by molar-refractivity contribution is 0.0951. The number of pyridine rings is 1. The topological polar surface area (TPSA) is 77.2 Å². The van der Waals surface area contributed by atoms with E-state index in [1.54, 1.807) is 31.5 Å². The Labute approximate surface area is 117 Å². The second kappa shape index (κ2) is 6.06. The van der Waals surface area contributed by atoms with Crippen LogP contribution in [0, 0.1) is 6.92 Å². The molecule has 1 aromatic heterocycles. The van der Waals surface area contributed by atoms with Crippen LogP contribution in [0.1, 0.15) is 21.6 Å². The van der Waals surface area contributed by atoms with Crippen molar-refractivity contribution in [3.63, 3.8) is 0 Å². The maximum absolute atomic E-state index is 12.1. The number of nitrogen functional groups attached to an aromatic ring is 1. The van der Waals surface area contributed by atoms with E-state index in [9.17, 15) is 4.79 Å². The molecule has 2 aromatic rings. The van der Waals surface area contributed by atoms with Gasteiger partial charge in [0.15, 0.2) is 0 Å². The second-order valence-electron chi connectivity index (χ2n) is 4.40. The van der Waals surface area contributed by atoms with E-state index < -0.39 is 0 Å². The number of hydrogen-bond acceptors (Lipinski definition) is 4. The lowest BCUT2D eigenvalue weighted by Gasteiger charge is -2.09. The molecule has 0 fully saturated rings. The van der Waals surface area contributed by atoms with Crippen LogP contribution in [0.25, 0.3) is 0 Å². The molecular formula is C15H17N3O2. The zero-order valence-corrected chi connectivity index (χ0v) is 11.5. The molecule has 1 aromatic carbocycles. The quantitative estimate of drug-likeness (QED) is 0.833. The molecule has 20 heavy (non-hydrogen) atoms. The van der Waals surface area contributed by atoms with E-state index in [4.69, 9.17) is 10.5 Å². The summed E-state index contributed by atoms with van der Waals surface area (Å²) in [6.07, 6.45) is 1.70. The monoisotopic (exact) mass is 271 g/mol. The summed E-state index contributed by atoms with van der Waals surface area (Å²) in [5.74, 6) is 0.398. The van der Waals surface area contributed by atoms with Crippen LogP contribution in [0.3, 0.4) is 0 Å². The van der Waals surface area contributed by atoms with Crippen LogP contribution >= 0.6 is 0 Å². The fourth-order valence-electron chi connectivity index (χ4n) is 1.84. The van der Waals surface area contributed by atoms with Gasteiger partial charge in [-0.3, -0.25) is 9.78 Å². The number of carbonyl (C=O) groups is 1. The van der Waals surface area contributed by atoms with E-state index in [1.165, 1.54) is 0 Å². The molecule has 104 valence electrons. The average molecular weight is 271 g/mol. The normalized spacial score (nSPS) is 10.1. The van der Waals surface area contributed by atoms with Crippen molar-refractivity contribution in [1.29, 1.82) is 0 Å². The third-order valence-corrected chi connectivity index (χ3v) is 3.04. The third-order valence-electron chi connectivity index (χ3n) is 3.04. The van der Waals surface area contributed by atoms with Gasteiger partial charge in [-0.15, -0.1) is 0 Å². The first-order valence-electron chi connectivity index (χ1n) is 6.24. The molecule has 1 amide bonds. The molecule has 0 saturated carbocycles. The Balaban J connectivity index is 2.07. The number of benzene rings is 1. The van der Waals surface area contributed by atoms with Crippen molar-refractivity contribution in [3.05, 3.63) is 53.3 Å².